The highest BCUT2D eigenvalue weighted by atomic mass is 16.5. The van der Waals surface area contributed by atoms with E-state index in [1.54, 1.807) is 25.2 Å². The van der Waals surface area contributed by atoms with Crippen LogP contribution in [0.3, 0.4) is 0 Å². The molecule has 2 heterocycles. The summed E-state index contributed by atoms with van der Waals surface area (Å²) in [7, 11) is 3.33. The molecule has 0 aromatic heterocycles. The van der Waals surface area contributed by atoms with E-state index in [2.05, 4.69) is 50.1 Å². The van der Waals surface area contributed by atoms with E-state index in [4.69, 9.17) is 9.47 Å². The number of methoxy groups -OCH3 is 2. The molecule has 2 N–H and O–H groups in total. The van der Waals surface area contributed by atoms with Crippen molar-refractivity contribution >= 4 is 17.3 Å². The summed E-state index contributed by atoms with van der Waals surface area (Å²) >= 11 is 0. The molecule has 7 nitrogen and oxygen atoms in total. The number of anilines is 2. The number of carbonyl (C=O) groups is 1. The average molecular weight is 633 g/mol. The van der Waals surface area contributed by atoms with Crippen LogP contribution in [0.1, 0.15) is 56.6 Å². The number of phenolic OH excluding ortho intramolecular Hbond substituents is 2. The number of hydrogen-bond donors (Lipinski definition) is 2. The smallest absolute Gasteiger partial charge is 0.256 e. The van der Waals surface area contributed by atoms with Crippen LogP contribution in [-0.2, 0) is 4.79 Å². The summed E-state index contributed by atoms with van der Waals surface area (Å²) in [6.45, 7) is 20.8. The molecular formula is C40H44N2O5. The number of aryl methyl sites for hydroxylation is 4. The van der Waals surface area contributed by atoms with E-state index < -0.39 is 0 Å². The molecule has 0 bridgehead atoms. The molecule has 47 heavy (non-hydrogen) atoms. The topological polar surface area (TPSA) is 82.5 Å². The zero-order valence-corrected chi connectivity index (χ0v) is 28.6. The van der Waals surface area contributed by atoms with E-state index in [1.807, 2.05) is 64.1 Å². The van der Waals surface area contributed by atoms with E-state index in [0.29, 0.717) is 11.3 Å². The lowest BCUT2D eigenvalue weighted by atomic mass is 9.87. The Kier molecular flexibility index (Phi) is 9.12. The van der Waals surface area contributed by atoms with Gasteiger partial charge in [0.15, 0.2) is 0 Å². The van der Waals surface area contributed by atoms with Crippen LogP contribution < -0.4 is 19.3 Å². The van der Waals surface area contributed by atoms with Crippen molar-refractivity contribution in [3.63, 3.8) is 0 Å². The molecule has 1 amide bonds. The Bertz CT molecular complexity index is 1910. The third kappa shape index (κ3) is 6.06. The summed E-state index contributed by atoms with van der Waals surface area (Å²) in [5.41, 5.74) is 11.7. The lowest BCUT2D eigenvalue weighted by molar-refractivity contribution is -0.119. The van der Waals surface area contributed by atoms with Crippen LogP contribution in [-0.4, -0.2) is 36.9 Å². The van der Waals surface area contributed by atoms with Crippen LogP contribution in [0.15, 0.2) is 85.0 Å². The van der Waals surface area contributed by atoms with Crippen LogP contribution in [0.25, 0.3) is 0 Å². The summed E-state index contributed by atoms with van der Waals surface area (Å²) in [5, 5.41) is 20.0. The normalized spacial score (nSPS) is 17.1. The number of β-lactam (4-membered cyclic amide) rings is 1. The van der Waals surface area contributed by atoms with Gasteiger partial charge in [0.1, 0.15) is 23.0 Å². The van der Waals surface area contributed by atoms with Crippen LogP contribution in [0, 0.1) is 41.5 Å². The third-order valence-electron chi connectivity index (χ3n) is 9.51. The van der Waals surface area contributed by atoms with E-state index in [-0.39, 0.29) is 23.7 Å². The minimum absolute atomic E-state index is 0.105. The van der Waals surface area contributed by atoms with Gasteiger partial charge in [-0.15, -0.1) is 0 Å². The van der Waals surface area contributed by atoms with Crippen molar-refractivity contribution in [3.05, 3.63) is 129 Å². The number of amides is 1. The molecule has 4 aromatic rings. The quantitative estimate of drug-likeness (QED) is 0.126. The lowest BCUT2D eigenvalue weighted by Crippen LogP contribution is -2.48. The van der Waals surface area contributed by atoms with Gasteiger partial charge in [0, 0.05) is 35.6 Å². The van der Waals surface area contributed by atoms with E-state index >= 15 is 0 Å². The molecule has 2 aliphatic rings. The van der Waals surface area contributed by atoms with E-state index in [0.717, 1.165) is 68.4 Å². The summed E-state index contributed by atoms with van der Waals surface area (Å²) in [6, 6.07) is 19.3. The standard InChI is InChI=1S/C20H21NO3.C20H23NO2/c1-11-6-7-15(9-17(11)22)19-14(4)20(23)21(19)16-8-12(2)13(3)18(10-16)24-5;1-12-6-7-16(9-18(12)22)20-14(3)11-21(20)17-8-13(2)15(4)19(10-17)23-5/h6-10,19,22H,4H2,1-3,5H3;6-10,20,22H,3,11H2,1-2,4-5H3/t19-;20-/m11/s1. The average Bonchev–Trinajstić information content (AvgIpc) is 3.04. The summed E-state index contributed by atoms with van der Waals surface area (Å²) in [6.07, 6.45) is 0. The van der Waals surface area contributed by atoms with Crippen LogP contribution in [0.5, 0.6) is 23.0 Å². The lowest BCUT2D eigenvalue weighted by Gasteiger charge is -2.45. The molecule has 7 heteroatoms. The van der Waals surface area contributed by atoms with Gasteiger partial charge in [-0.25, -0.2) is 0 Å². The van der Waals surface area contributed by atoms with Gasteiger partial charge in [-0.3, -0.25) is 9.69 Å². The maximum absolute atomic E-state index is 12.4. The molecule has 2 saturated heterocycles. The molecule has 0 unspecified atom stereocenters. The number of carbonyl (C=O) groups excluding carboxylic acids is 1. The van der Waals surface area contributed by atoms with Crippen LogP contribution in [0.4, 0.5) is 11.4 Å². The summed E-state index contributed by atoms with van der Waals surface area (Å²) in [5.74, 6) is 2.10. The van der Waals surface area contributed by atoms with Crippen molar-refractivity contribution in [2.24, 2.45) is 0 Å². The maximum atomic E-state index is 12.4. The highest BCUT2D eigenvalue weighted by Gasteiger charge is 2.43. The second-order valence-electron chi connectivity index (χ2n) is 12.6. The Labute approximate surface area is 278 Å². The molecule has 244 valence electrons. The molecule has 6 rings (SSSR count). The van der Waals surface area contributed by atoms with Gasteiger partial charge >= 0.3 is 0 Å². The SMILES string of the molecule is C=C1C(=O)N(c2cc(C)c(C)c(OC)c2)[C@H]1c1ccc(C)c(O)c1.C=C1CN(c2cc(C)c(C)c(OC)c2)[C@H]1c1ccc(C)c(O)c1. The predicted molar refractivity (Wildman–Crippen MR) is 189 cm³/mol. The second kappa shape index (κ2) is 12.9. The van der Waals surface area contributed by atoms with Crippen molar-refractivity contribution < 1.29 is 24.5 Å². The van der Waals surface area contributed by atoms with Gasteiger partial charge in [0.05, 0.1) is 26.3 Å². The Hall–Kier alpha value is -5.17. The van der Waals surface area contributed by atoms with Crippen molar-refractivity contribution in [1.82, 2.24) is 0 Å². The zero-order chi connectivity index (χ0) is 34.3. The van der Waals surface area contributed by atoms with Gasteiger partial charge < -0.3 is 24.6 Å². The fourth-order valence-corrected chi connectivity index (χ4v) is 6.19. The highest BCUT2D eigenvalue weighted by Crippen LogP contribution is 2.45. The number of rotatable bonds is 6. The fourth-order valence-electron chi connectivity index (χ4n) is 6.19. The Balaban J connectivity index is 0.000000185. The molecule has 0 radical (unpaired) electrons. The number of phenols is 2. The Morgan fingerprint density at radius 2 is 1.13 bits per heavy atom. The molecule has 2 atom stereocenters. The molecule has 2 fully saturated rings. The molecule has 0 spiro atoms. The predicted octanol–water partition coefficient (Wildman–Crippen LogP) is 8.41. The van der Waals surface area contributed by atoms with Crippen LogP contribution >= 0.6 is 0 Å². The number of ether oxygens (including phenoxy) is 2. The molecule has 2 aliphatic heterocycles. The summed E-state index contributed by atoms with van der Waals surface area (Å²) < 4.78 is 10.9. The minimum Gasteiger partial charge on any atom is -0.508 e. The van der Waals surface area contributed by atoms with E-state index in [9.17, 15) is 15.0 Å². The largest absolute Gasteiger partial charge is 0.508 e. The zero-order valence-electron chi connectivity index (χ0n) is 28.6. The van der Waals surface area contributed by atoms with Crippen molar-refractivity contribution in [3.8, 4) is 23.0 Å². The van der Waals surface area contributed by atoms with E-state index in [1.165, 1.54) is 11.1 Å². The van der Waals surface area contributed by atoms with Gasteiger partial charge in [-0.05, 0) is 116 Å². The highest BCUT2D eigenvalue weighted by molar-refractivity contribution is 6.15. The Morgan fingerprint density at radius 3 is 1.60 bits per heavy atom. The molecule has 0 saturated carbocycles. The third-order valence-corrected chi connectivity index (χ3v) is 9.51. The number of nitrogens with zero attached hydrogens (tertiary/aromatic N) is 2. The molecule has 0 aliphatic carbocycles. The monoisotopic (exact) mass is 632 g/mol. The first-order chi connectivity index (χ1) is 22.3. The fraction of sp³-hybridized carbons (Fsp3) is 0.275. The van der Waals surface area contributed by atoms with Crippen molar-refractivity contribution in [2.75, 3.05) is 30.6 Å². The van der Waals surface area contributed by atoms with Crippen molar-refractivity contribution in [1.29, 1.82) is 0 Å². The minimum atomic E-state index is -0.268. The van der Waals surface area contributed by atoms with Crippen LogP contribution in [0.2, 0.25) is 0 Å². The van der Waals surface area contributed by atoms with Gasteiger partial charge in [0.2, 0.25) is 0 Å². The molecular weight excluding hydrogens is 588 g/mol. The first-order valence-electron chi connectivity index (χ1n) is 15.6. The number of benzene rings is 4. The van der Waals surface area contributed by atoms with Gasteiger partial charge in [-0.2, -0.15) is 0 Å². The van der Waals surface area contributed by atoms with Gasteiger partial charge in [0.25, 0.3) is 5.91 Å². The summed E-state index contributed by atoms with van der Waals surface area (Å²) in [4.78, 5) is 16.4. The molecule has 4 aromatic carbocycles. The maximum Gasteiger partial charge on any atom is 0.256 e. The number of aromatic hydroxyl groups is 2. The Morgan fingerprint density at radius 1 is 0.660 bits per heavy atom. The number of hydrogen-bond acceptors (Lipinski definition) is 6. The first kappa shape index (κ1) is 33.2. The second-order valence-corrected chi connectivity index (χ2v) is 12.6. The van der Waals surface area contributed by atoms with Crippen molar-refractivity contribution in [2.45, 2.75) is 53.6 Å². The first-order valence-corrected chi connectivity index (χ1v) is 15.6. The van der Waals surface area contributed by atoms with Gasteiger partial charge in [-0.1, -0.05) is 37.4 Å².